The molecule has 1 atom stereocenters. The molecule has 1 unspecified atom stereocenters. The first-order chi connectivity index (χ1) is 10.0. The van der Waals surface area contributed by atoms with E-state index in [1.165, 1.54) is 6.07 Å². The van der Waals surface area contributed by atoms with E-state index in [1.807, 2.05) is 38.1 Å². The largest absolute Gasteiger partial charge is 0.491 e. The second-order valence-electron chi connectivity index (χ2n) is 5.09. The van der Waals surface area contributed by atoms with E-state index in [2.05, 4.69) is 5.32 Å². The molecule has 21 heavy (non-hydrogen) atoms. The van der Waals surface area contributed by atoms with Gasteiger partial charge in [-0.05, 0) is 45.2 Å². The first-order valence-electron chi connectivity index (χ1n) is 6.90. The van der Waals surface area contributed by atoms with E-state index in [9.17, 15) is 4.39 Å². The van der Waals surface area contributed by atoms with Crippen LogP contribution in [0.5, 0.6) is 5.75 Å². The number of benzene rings is 2. The van der Waals surface area contributed by atoms with Crippen LogP contribution in [0, 0.1) is 5.82 Å². The minimum absolute atomic E-state index is 0.0489. The SMILES string of the molecule is CNC(c1cc(Cl)ccc1F)c1ccccc1OC(C)C. The molecule has 0 saturated heterocycles. The molecule has 0 fully saturated rings. The zero-order valence-electron chi connectivity index (χ0n) is 12.4. The van der Waals surface area contributed by atoms with Crippen LogP contribution in [0.15, 0.2) is 42.5 Å². The van der Waals surface area contributed by atoms with Gasteiger partial charge >= 0.3 is 0 Å². The van der Waals surface area contributed by atoms with Crippen LogP contribution >= 0.6 is 11.6 Å². The Hall–Kier alpha value is -1.58. The predicted octanol–water partition coefficient (Wildman–Crippen LogP) is 4.58. The van der Waals surface area contributed by atoms with Crippen molar-refractivity contribution in [3.05, 3.63) is 64.4 Å². The summed E-state index contributed by atoms with van der Waals surface area (Å²) in [6.45, 7) is 3.93. The van der Waals surface area contributed by atoms with Gasteiger partial charge in [0, 0.05) is 16.1 Å². The maximum Gasteiger partial charge on any atom is 0.128 e. The van der Waals surface area contributed by atoms with Gasteiger partial charge in [-0.1, -0.05) is 29.8 Å². The zero-order chi connectivity index (χ0) is 15.4. The number of hydrogen-bond donors (Lipinski definition) is 1. The number of halogens is 2. The smallest absolute Gasteiger partial charge is 0.128 e. The summed E-state index contributed by atoms with van der Waals surface area (Å²) >= 11 is 6.00. The van der Waals surface area contributed by atoms with Crippen molar-refractivity contribution in [3.63, 3.8) is 0 Å². The van der Waals surface area contributed by atoms with Crippen LogP contribution in [-0.2, 0) is 0 Å². The number of para-hydroxylation sites is 1. The highest BCUT2D eigenvalue weighted by atomic mass is 35.5. The minimum atomic E-state index is -0.321. The Labute approximate surface area is 129 Å². The van der Waals surface area contributed by atoms with Crippen molar-refractivity contribution in [1.29, 1.82) is 0 Å². The molecule has 0 aromatic heterocycles. The van der Waals surface area contributed by atoms with Crippen LogP contribution < -0.4 is 10.1 Å². The Morgan fingerprint density at radius 2 is 1.81 bits per heavy atom. The van der Waals surface area contributed by atoms with Gasteiger partial charge in [0.15, 0.2) is 0 Å². The molecule has 2 rings (SSSR count). The van der Waals surface area contributed by atoms with Crippen LogP contribution in [-0.4, -0.2) is 13.2 Å². The summed E-state index contributed by atoms with van der Waals surface area (Å²) in [4.78, 5) is 0. The van der Waals surface area contributed by atoms with Crippen LogP contribution in [0.25, 0.3) is 0 Å². The fourth-order valence-electron chi connectivity index (χ4n) is 2.29. The van der Waals surface area contributed by atoms with Gasteiger partial charge in [0.2, 0.25) is 0 Å². The quantitative estimate of drug-likeness (QED) is 0.873. The van der Waals surface area contributed by atoms with Gasteiger partial charge in [0.05, 0.1) is 12.1 Å². The third-order valence-electron chi connectivity index (χ3n) is 3.15. The Kier molecular flexibility index (Phi) is 5.21. The summed E-state index contributed by atoms with van der Waals surface area (Å²) in [5.41, 5.74) is 1.39. The third kappa shape index (κ3) is 3.74. The van der Waals surface area contributed by atoms with Gasteiger partial charge in [-0.3, -0.25) is 0 Å². The average Bonchev–Trinajstić information content (AvgIpc) is 2.44. The van der Waals surface area contributed by atoms with E-state index in [0.29, 0.717) is 10.6 Å². The van der Waals surface area contributed by atoms with Gasteiger partial charge in [0.1, 0.15) is 11.6 Å². The number of rotatable bonds is 5. The highest BCUT2D eigenvalue weighted by Gasteiger charge is 2.20. The van der Waals surface area contributed by atoms with E-state index in [0.717, 1.165) is 11.3 Å². The van der Waals surface area contributed by atoms with Gasteiger partial charge in [0.25, 0.3) is 0 Å². The van der Waals surface area contributed by atoms with E-state index >= 15 is 0 Å². The maximum atomic E-state index is 14.1. The normalized spacial score (nSPS) is 12.5. The van der Waals surface area contributed by atoms with Crippen molar-refractivity contribution in [2.24, 2.45) is 0 Å². The van der Waals surface area contributed by atoms with Crippen molar-refractivity contribution in [1.82, 2.24) is 5.32 Å². The second kappa shape index (κ2) is 6.92. The molecule has 0 saturated carbocycles. The maximum absolute atomic E-state index is 14.1. The van der Waals surface area contributed by atoms with E-state index in [-0.39, 0.29) is 18.0 Å². The van der Waals surface area contributed by atoms with Crippen molar-refractivity contribution in [2.75, 3.05) is 7.05 Å². The highest BCUT2D eigenvalue weighted by molar-refractivity contribution is 6.30. The Morgan fingerprint density at radius 3 is 2.48 bits per heavy atom. The Morgan fingerprint density at radius 1 is 1.10 bits per heavy atom. The molecule has 0 aliphatic heterocycles. The lowest BCUT2D eigenvalue weighted by Gasteiger charge is -2.22. The Balaban J connectivity index is 2.49. The standard InChI is InChI=1S/C17H19ClFNO/c1-11(2)21-16-7-5-4-6-13(16)17(20-3)14-10-12(18)8-9-15(14)19/h4-11,17,20H,1-3H3. The average molecular weight is 308 g/mol. The lowest BCUT2D eigenvalue weighted by molar-refractivity contribution is 0.238. The number of hydrogen-bond acceptors (Lipinski definition) is 2. The molecule has 2 aromatic rings. The first-order valence-corrected chi connectivity index (χ1v) is 7.28. The van der Waals surface area contributed by atoms with Crippen molar-refractivity contribution >= 4 is 11.6 Å². The van der Waals surface area contributed by atoms with Crippen LogP contribution in [0.2, 0.25) is 5.02 Å². The molecule has 0 amide bonds. The molecule has 2 aromatic carbocycles. The third-order valence-corrected chi connectivity index (χ3v) is 3.39. The summed E-state index contributed by atoms with van der Waals surface area (Å²) in [6, 6.07) is 11.9. The topological polar surface area (TPSA) is 21.3 Å². The highest BCUT2D eigenvalue weighted by Crippen LogP contribution is 2.32. The molecule has 4 heteroatoms. The summed E-state index contributed by atoms with van der Waals surface area (Å²) in [6.07, 6.45) is 0.0489. The molecule has 1 N–H and O–H groups in total. The second-order valence-corrected chi connectivity index (χ2v) is 5.53. The summed E-state index contributed by atoms with van der Waals surface area (Å²) < 4.78 is 20.0. The molecular weight excluding hydrogens is 289 g/mol. The van der Waals surface area contributed by atoms with Crippen LogP contribution in [0.4, 0.5) is 4.39 Å². The molecule has 0 radical (unpaired) electrons. The van der Waals surface area contributed by atoms with Gasteiger partial charge in [-0.25, -0.2) is 4.39 Å². The lowest BCUT2D eigenvalue weighted by atomic mass is 9.97. The molecule has 112 valence electrons. The van der Waals surface area contributed by atoms with E-state index < -0.39 is 0 Å². The fraction of sp³-hybridized carbons (Fsp3) is 0.294. The van der Waals surface area contributed by atoms with Gasteiger partial charge in [-0.15, -0.1) is 0 Å². The van der Waals surface area contributed by atoms with Crippen LogP contribution in [0.3, 0.4) is 0 Å². The van der Waals surface area contributed by atoms with Gasteiger partial charge < -0.3 is 10.1 Å². The predicted molar refractivity (Wildman–Crippen MR) is 84.5 cm³/mol. The number of ether oxygens (including phenoxy) is 1. The van der Waals surface area contributed by atoms with E-state index in [1.54, 1.807) is 19.2 Å². The van der Waals surface area contributed by atoms with Crippen molar-refractivity contribution in [3.8, 4) is 5.75 Å². The zero-order valence-corrected chi connectivity index (χ0v) is 13.1. The summed E-state index contributed by atoms with van der Waals surface area (Å²) in [7, 11) is 1.79. The monoisotopic (exact) mass is 307 g/mol. The van der Waals surface area contributed by atoms with E-state index in [4.69, 9.17) is 16.3 Å². The molecule has 0 aliphatic carbocycles. The molecule has 0 bridgehead atoms. The fourth-order valence-corrected chi connectivity index (χ4v) is 2.48. The van der Waals surface area contributed by atoms with Crippen LogP contribution in [0.1, 0.15) is 31.0 Å². The molecular formula is C17H19ClFNO. The van der Waals surface area contributed by atoms with Crippen molar-refractivity contribution in [2.45, 2.75) is 26.0 Å². The molecule has 2 nitrogen and oxygen atoms in total. The minimum Gasteiger partial charge on any atom is -0.491 e. The molecule has 0 spiro atoms. The lowest BCUT2D eigenvalue weighted by Crippen LogP contribution is -2.20. The first kappa shape index (κ1) is 15.8. The Bertz CT molecular complexity index is 615. The number of nitrogens with one attached hydrogen (secondary N) is 1. The molecule has 0 heterocycles. The molecule has 0 aliphatic rings. The summed E-state index contributed by atoms with van der Waals surface area (Å²) in [5, 5.41) is 3.65. The summed E-state index contributed by atoms with van der Waals surface area (Å²) in [5.74, 6) is 0.448. The van der Waals surface area contributed by atoms with Crippen molar-refractivity contribution < 1.29 is 9.13 Å². The van der Waals surface area contributed by atoms with Gasteiger partial charge in [-0.2, -0.15) is 0 Å².